The minimum Gasteiger partial charge on any atom is -0.447 e. The zero-order valence-electron chi connectivity index (χ0n) is 9.82. The maximum atomic E-state index is 11.2. The number of hydrogen-bond acceptors (Lipinski definition) is 4. The van der Waals surface area contributed by atoms with Crippen molar-refractivity contribution in [1.82, 2.24) is 5.32 Å². The molecule has 0 saturated carbocycles. The van der Waals surface area contributed by atoms with E-state index in [1.165, 1.54) is 11.3 Å². The van der Waals surface area contributed by atoms with E-state index in [2.05, 4.69) is 17.2 Å². The van der Waals surface area contributed by atoms with Crippen molar-refractivity contribution in [2.45, 2.75) is 26.5 Å². The van der Waals surface area contributed by atoms with Crippen LogP contribution in [0, 0.1) is 11.8 Å². The number of thiophene rings is 1. The van der Waals surface area contributed by atoms with E-state index in [9.17, 15) is 4.79 Å². The fraction of sp³-hybridized carbons (Fsp3) is 0.417. The Balaban J connectivity index is 2.42. The van der Waals surface area contributed by atoms with Crippen molar-refractivity contribution >= 4 is 17.4 Å². The average Bonchev–Trinajstić information content (AvgIpc) is 2.70. The first-order valence-corrected chi connectivity index (χ1v) is 6.11. The van der Waals surface area contributed by atoms with Gasteiger partial charge in [0.1, 0.15) is 6.61 Å². The zero-order valence-corrected chi connectivity index (χ0v) is 10.6. The molecule has 1 amide bonds. The van der Waals surface area contributed by atoms with Gasteiger partial charge in [0, 0.05) is 15.8 Å². The maximum absolute atomic E-state index is 11.2. The molecule has 0 atom stereocenters. The summed E-state index contributed by atoms with van der Waals surface area (Å²) in [6.45, 7) is 3.88. The first-order valence-electron chi connectivity index (χ1n) is 5.23. The van der Waals surface area contributed by atoms with Crippen LogP contribution in [0.15, 0.2) is 11.4 Å². The van der Waals surface area contributed by atoms with E-state index in [-0.39, 0.29) is 12.7 Å². The molecule has 5 heteroatoms. The number of alkyl carbamates (subject to hydrolysis) is 1. The van der Waals surface area contributed by atoms with Crippen LogP contribution in [-0.2, 0) is 11.3 Å². The van der Waals surface area contributed by atoms with Gasteiger partial charge in [0.2, 0.25) is 0 Å². The Kier molecular flexibility index (Phi) is 5.53. The number of nitrogens with one attached hydrogen (secondary N) is 1. The van der Waals surface area contributed by atoms with Crippen molar-refractivity contribution in [1.29, 1.82) is 0 Å². The molecule has 0 unspecified atom stereocenters. The largest absolute Gasteiger partial charge is 0.447 e. The first-order chi connectivity index (χ1) is 8.11. The van der Waals surface area contributed by atoms with E-state index in [4.69, 9.17) is 9.84 Å². The summed E-state index contributed by atoms with van der Waals surface area (Å²) in [5.41, 5.74) is 0.845. The second kappa shape index (κ2) is 6.94. The number of rotatable bonds is 3. The highest BCUT2D eigenvalue weighted by atomic mass is 32.1. The maximum Gasteiger partial charge on any atom is 0.407 e. The Morgan fingerprint density at radius 2 is 2.41 bits per heavy atom. The molecule has 92 valence electrons. The van der Waals surface area contributed by atoms with E-state index in [0.29, 0.717) is 6.54 Å². The Hall–Kier alpha value is -1.51. The summed E-state index contributed by atoms with van der Waals surface area (Å²) in [5.74, 6) is 5.37. The van der Waals surface area contributed by atoms with Gasteiger partial charge < -0.3 is 15.2 Å². The fourth-order valence-corrected chi connectivity index (χ4v) is 1.85. The monoisotopic (exact) mass is 253 g/mol. The summed E-state index contributed by atoms with van der Waals surface area (Å²) >= 11 is 1.51. The highest BCUT2D eigenvalue weighted by Crippen LogP contribution is 2.13. The van der Waals surface area contributed by atoms with E-state index in [0.717, 1.165) is 10.4 Å². The van der Waals surface area contributed by atoms with Crippen LogP contribution < -0.4 is 5.32 Å². The Morgan fingerprint density at radius 1 is 1.65 bits per heavy atom. The molecule has 0 fully saturated rings. The molecule has 0 bridgehead atoms. The second-order valence-electron chi connectivity index (χ2n) is 3.57. The number of carbonyl (C=O) groups is 1. The molecule has 0 spiro atoms. The SMILES string of the molecule is CC(C)OC(=O)NCc1cc(C#CCO)cs1. The lowest BCUT2D eigenvalue weighted by molar-refractivity contribution is 0.115. The molecule has 0 aliphatic carbocycles. The van der Waals surface area contributed by atoms with Gasteiger partial charge in [-0.2, -0.15) is 0 Å². The topological polar surface area (TPSA) is 58.6 Å². The predicted octanol–water partition coefficient (Wildman–Crippen LogP) is 1.73. The second-order valence-corrected chi connectivity index (χ2v) is 4.56. The number of aliphatic hydroxyl groups excluding tert-OH is 1. The number of carbonyl (C=O) groups excluding carboxylic acids is 1. The van der Waals surface area contributed by atoms with Gasteiger partial charge in [-0.1, -0.05) is 11.8 Å². The van der Waals surface area contributed by atoms with Crippen molar-refractivity contribution in [3.8, 4) is 11.8 Å². The highest BCUT2D eigenvalue weighted by molar-refractivity contribution is 7.10. The van der Waals surface area contributed by atoms with Crippen LogP contribution in [0.3, 0.4) is 0 Å². The van der Waals surface area contributed by atoms with E-state index in [1.807, 2.05) is 11.4 Å². The number of amides is 1. The summed E-state index contributed by atoms with van der Waals surface area (Å²) in [5, 5.41) is 13.1. The van der Waals surface area contributed by atoms with Gasteiger partial charge in [0.05, 0.1) is 12.6 Å². The Morgan fingerprint density at radius 3 is 3.06 bits per heavy atom. The molecule has 0 aliphatic heterocycles. The van der Waals surface area contributed by atoms with Gasteiger partial charge in [-0.15, -0.1) is 11.3 Å². The van der Waals surface area contributed by atoms with Gasteiger partial charge in [-0.05, 0) is 19.9 Å². The van der Waals surface area contributed by atoms with Crippen molar-refractivity contribution < 1.29 is 14.6 Å². The molecule has 0 aliphatic rings. The van der Waals surface area contributed by atoms with Crippen molar-refractivity contribution in [2.24, 2.45) is 0 Å². The standard InChI is InChI=1S/C12H15NO3S/c1-9(2)16-12(15)13-7-11-6-10(8-17-11)4-3-5-14/h6,8-9,14H,5,7H2,1-2H3,(H,13,15). The fourth-order valence-electron chi connectivity index (χ4n) is 1.10. The van der Waals surface area contributed by atoms with Crippen LogP contribution in [0.1, 0.15) is 24.3 Å². The van der Waals surface area contributed by atoms with E-state index in [1.54, 1.807) is 13.8 Å². The third-order valence-electron chi connectivity index (χ3n) is 1.72. The Labute approximate surface area is 105 Å². The average molecular weight is 253 g/mol. The van der Waals surface area contributed by atoms with Gasteiger partial charge in [-0.3, -0.25) is 0 Å². The summed E-state index contributed by atoms with van der Waals surface area (Å²) < 4.78 is 4.94. The molecule has 0 radical (unpaired) electrons. The van der Waals surface area contributed by atoms with Crippen molar-refractivity contribution in [2.75, 3.05) is 6.61 Å². The molecule has 2 N–H and O–H groups in total. The van der Waals surface area contributed by atoms with Crippen LogP contribution in [-0.4, -0.2) is 23.9 Å². The molecule has 1 aromatic rings. The van der Waals surface area contributed by atoms with Crippen LogP contribution in [0.4, 0.5) is 4.79 Å². The van der Waals surface area contributed by atoms with Crippen LogP contribution in [0.25, 0.3) is 0 Å². The minimum atomic E-state index is -0.420. The summed E-state index contributed by atoms with van der Waals surface area (Å²) in [6.07, 6.45) is -0.541. The third-order valence-corrected chi connectivity index (χ3v) is 2.65. The molecular formula is C12H15NO3S. The summed E-state index contributed by atoms with van der Waals surface area (Å²) in [6, 6.07) is 1.88. The molecule has 1 aromatic heterocycles. The summed E-state index contributed by atoms with van der Waals surface area (Å²) in [4.78, 5) is 12.2. The molecule has 17 heavy (non-hydrogen) atoms. The number of hydrogen-bond donors (Lipinski definition) is 2. The van der Waals surface area contributed by atoms with Gasteiger partial charge in [0.25, 0.3) is 0 Å². The smallest absolute Gasteiger partial charge is 0.407 e. The molecular weight excluding hydrogens is 238 g/mol. The van der Waals surface area contributed by atoms with E-state index < -0.39 is 6.09 Å². The number of aliphatic hydroxyl groups is 1. The van der Waals surface area contributed by atoms with Crippen LogP contribution >= 0.6 is 11.3 Å². The molecule has 0 aromatic carbocycles. The van der Waals surface area contributed by atoms with Crippen LogP contribution in [0.2, 0.25) is 0 Å². The summed E-state index contributed by atoms with van der Waals surface area (Å²) in [7, 11) is 0. The minimum absolute atomic E-state index is 0.121. The molecule has 0 saturated heterocycles. The molecule has 1 heterocycles. The Bertz CT molecular complexity index is 428. The van der Waals surface area contributed by atoms with Crippen molar-refractivity contribution in [3.63, 3.8) is 0 Å². The van der Waals surface area contributed by atoms with Gasteiger partial charge in [0.15, 0.2) is 0 Å². The van der Waals surface area contributed by atoms with E-state index >= 15 is 0 Å². The predicted molar refractivity (Wildman–Crippen MR) is 66.7 cm³/mol. The lowest BCUT2D eigenvalue weighted by Crippen LogP contribution is -2.25. The van der Waals surface area contributed by atoms with Gasteiger partial charge >= 0.3 is 6.09 Å². The normalized spacial score (nSPS) is 9.65. The lowest BCUT2D eigenvalue weighted by atomic mass is 10.3. The third kappa shape index (κ3) is 5.38. The van der Waals surface area contributed by atoms with Gasteiger partial charge in [-0.25, -0.2) is 4.79 Å². The quantitative estimate of drug-likeness (QED) is 0.806. The zero-order chi connectivity index (χ0) is 12.7. The van der Waals surface area contributed by atoms with Crippen LogP contribution in [0.5, 0.6) is 0 Å². The lowest BCUT2D eigenvalue weighted by Gasteiger charge is -2.08. The number of ether oxygens (including phenoxy) is 1. The first kappa shape index (κ1) is 13.6. The molecule has 1 rings (SSSR count). The molecule has 4 nitrogen and oxygen atoms in total. The highest BCUT2D eigenvalue weighted by Gasteiger charge is 2.05. The van der Waals surface area contributed by atoms with Crippen molar-refractivity contribution in [3.05, 3.63) is 21.9 Å².